The van der Waals surface area contributed by atoms with Crippen LogP contribution in [0.3, 0.4) is 0 Å². The fourth-order valence-electron chi connectivity index (χ4n) is 4.96. The topological polar surface area (TPSA) is 74.2 Å². The molecule has 5 rings (SSSR count). The van der Waals surface area contributed by atoms with Crippen molar-refractivity contribution in [1.29, 1.82) is 0 Å². The maximum Gasteiger partial charge on any atom is 0.315 e. The monoisotopic (exact) mass is 435 g/mol. The van der Waals surface area contributed by atoms with Gasteiger partial charge in [-0.3, -0.25) is 14.6 Å². The predicted octanol–water partition coefficient (Wildman–Crippen LogP) is 4.30. The second-order valence-electron chi connectivity index (χ2n) is 8.25. The highest BCUT2D eigenvalue weighted by Crippen LogP contribution is 2.48. The Morgan fingerprint density at radius 2 is 1.91 bits per heavy atom. The summed E-state index contributed by atoms with van der Waals surface area (Å²) in [6.07, 6.45) is 0.753. The van der Waals surface area contributed by atoms with Crippen molar-refractivity contribution < 1.29 is 28.2 Å². The van der Waals surface area contributed by atoms with Crippen LogP contribution in [0.25, 0.3) is 0 Å². The number of benzene rings is 2. The number of esters is 1. The Kier molecular flexibility index (Phi) is 5.04. The van der Waals surface area contributed by atoms with Crippen LogP contribution in [0.4, 0.5) is 4.39 Å². The summed E-state index contributed by atoms with van der Waals surface area (Å²) in [5, 5.41) is 0. The molecule has 2 aromatic rings. The molecule has 3 atom stereocenters. The number of halogens is 1. The Balaban J connectivity index is 1.58. The average molecular weight is 435 g/mol. The molecule has 3 aliphatic rings. The van der Waals surface area contributed by atoms with E-state index in [-0.39, 0.29) is 24.9 Å². The molecule has 0 bridgehead atoms. The number of carbonyl (C=O) groups excluding carboxylic acids is 2. The van der Waals surface area contributed by atoms with Gasteiger partial charge in [0.15, 0.2) is 17.3 Å². The normalized spacial score (nSPS) is 24.2. The van der Waals surface area contributed by atoms with Gasteiger partial charge in [0.05, 0.1) is 7.11 Å². The first-order valence-corrected chi connectivity index (χ1v) is 10.5. The third kappa shape index (κ3) is 3.28. The lowest BCUT2D eigenvalue weighted by atomic mass is 9.69. The van der Waals surface area contributed by atoms with E-state index in [0.717, 1.165) is 5.56 Å². The first kappa shape index (κ1) is 20.4. The van der Waals surface area contributed by atoms with E-state index in [9.17, 15) is 14.0 Å². The number of nitrogens with zero attached hydrogens (tertiary/aromatic N) is 1. The van der Waals surface area contributed by atoms with Crippen LogP contribution in [0.2, 0.25) is 0 Å². The summed E-state index contributed by atoms with van der Waals surface area (Å²) >= 11 is 0. The number of ketones is 1. The average Bonchev–Trinajstić information content (AvgIpc) is 3.26. The molecule has 0 spiro atoms. The van der Waals surface area contributed by atoms with Crippen LogP contribution in [0.15, 0.2) is 58.7 Å². The summed E-state index contributed by atoms with van der Waals surface area (Å²) in [4.78, 5) is 30.8. The van der Waals surface area contributed by atoms with Crippen molar-refractivity contribution in [1.82, 2.24) is 0 Å². The zero-order chi connectivity index (χ0) is 22.4. The van der Waals surface area contributed by atoms with E-state index in [2.05, 4.69) is 4.99 Å². The van der Waals surface area contributed by atoms with Gasteiger partial charge in [-0.15, -0.1) is 0 Å². The number of carbonyl (C=O) groups is 2. The Labute approximate surface area is 184 Å². The molecule has 0 saturated carbocycles. The number of ether oxygens (including phenoxy) is 3. The van der Waals surface area contributed by atoms with Crippen molar-refractivity contribution in [2.75, 3.05) is 13.9 Å². The molecule has 1 aliphatic carbocycles. The third-order valence-corrected chi connectivity index (χ3v) is 6.45. The fraction of sp³-hybridized carbons (Fsp3) is 0.320. The molecule has 7 heteroatoms. The Morgan fingerprint density at radius 1 is 1.12 bits per heavy atom. The van der Waals surface area contributed by atoms with E-state index in [0.29, 0.717) is 40.5 Å². The number of aliphatic imine (C=N–C) groups is 1. The summed E-state index contributed by atoms with van der Waals surface area (Å²) in [7, 11) is 1.29. The first-order chi connectivity index (χ1) is 15.5. The Bertz CT molecular complexity index is 1180. The minimum atomic E-state index is -0.846. The van der Waals surface area contributed by atoms with E-state index in [1.807, 2.05) is 18.2 Å². The van der Waals surface area contributed by atoms with Gasteiger partial charge in [-0.1, -0.05) is 24.3 Å². The molecule has 0 fully saturated rings. The smallest absolute Gasteiger partial charge is 0.315 e. The Hall–Kier alpha value is -3.48. The minimum absolute atomic E-state index is 0.0942. The highest BCUT2D eigenvalue weighted by molar-refractivity contribution is 6.09. The number of Topliss-reactive ketones (excluding diaryl/α,β-unsaturated/α-hetero) is 1. The molecule has 2 aromatic carbocycles. The van der Waals surface area contributed by atoms with Crippen molar-refractivity contribution in [3.63, 3.8) is 0 Å². The van der Waals surface area contributed by atoms with Crippen molar-refractivity contribution in [3.8, 4) is 11.5 Å². The van der Waals surface area contributed by atoms with Gasteiger partial charge >= 0.3 is 5.97 Å². The lowest BCUT2D eigenvalue weighted by Crippen LogP contribution is -2.38. The molecule has 0 N–H and O–H groups in total. The van der Waals surface area contributed by atoms with Gasteiger partial charge in [0.1, 0.15) is 11.7 Å². The lowest BCUT2D eigenvalue weighted by molar-refractivity contribution is -0.143. The van der Waals surface area contributed by atoms with Crippen molar-refractivity contribution in [2.24, 2.45) is 10.9 Å². The molecule has 0 radical (unpaired) electrons. The molecule has 2 aliphatic heterocycles. The SMILES string of the molecule is COC(=O)C1C(C)=NC2=C(C(=O)C[C@@H](c3ccc4c(c3)OCO4)C2)[C@@H]1c1ccccc1F. The largest absolute Gasteiger partial charge is 0.468 e. The highest BCUT2D eigenvalue weighted by atomic mass is 19.1. The number of methoxy groups -OCH3 is 1. The van der Waals surface area contributed by atoms with Gasteiger partial charge in [0, 0.05) is 29.3 Å². The van der Waals surface area contributed by atoms with Crippen LogP contribution in [0, 0.1) is 11.7 Å². The second kappa shape index (κ2) is 7.89. The van der Waals surface area contributed by atoms with Gasteiger partial charge in [-0.05, 0) is 48.6 Å². The molecule has 2 heterocycles. The molecule has 32 heavy (non-hydrogen) atoms. The number of hydrogen-bond donors (Lipinski definition) is 0. The van der Waals surface area contributed by atoms with E-state index < -0.39 is 23.6 Å². The molecular formula is C25H22FNO5. The molecule has 6 nitrogen and oxygen atoms in total. The summed E-state index contributed by atoms with van der Waals surface area (Å²) in [5.74, 6) is -1.48. The van der Waals surface area contributed by atoms with Crippen LogP contribution >= 0.6 is 0 Å². The van der Waals surface area contributed by atoms with Gasteiger partial charge in [-0.2, -0.15) is 0 Å². The lowest BCUT2D eigenvalue weighted by Gasteiger charge is -2.36. The van der Waals surface area contributed by atoms with Crippen LogP contribution in [0.5, 0.6) is 11.5 Å². The van der Waals surface area contributed by atoms with Crippen molar-refractivity contribution >= 4 is 17.5 Å². The van der Waals surface area contributed by atoms with Crippen molar-refractivity contribution in [3.05, 3.63) is 70.7 Å². The number of allylic oxidation sites excluding steroid dienone is 2. The third-order valence-electron chi connectivity index (χ3n) is 6.45. The molecule has 1 unspecified atom stereocenters. The fourth-order valence-corrected chi connectivity index (χ4v) is 4.96. The number of hydrogen-bond acceptors (Lipinski definition) is 6. The minimum Gasteiger partial charge on any atom is -0.468 e. The molecule has 0 aromatic heterocycles. The number of fused-ring (bicyclic) bond motifs is 1. The highest BCUT2D eigenvalue weighted by Gasteiger charge is 2.45. The first-order valence-electron chi connectivity index (χ1n) is 10.5. The second-order valence-corrected chi connectivity index (χ2v) is 8.25. The van der Waals surface area contributed by atoms with E-state index in [4.69, 9.17) is 14.2 Å². The molecule has 0 amide bonds. The predicted molar refractivity (Wildman–Crippen MR) is 114 cm³/mol. The number of rotatable bonds is 3. The van der Waals surface area contributed by atoms with Crippen LogP contribution in [-0.2, 0) is 14.3 Å². The Morgan fingerprint density at radius 3 is 2.69 bits per heavy atom. The molecule has 0 saturated heterocycles. The van der Waals surface area contributed by atoms with E-state index in [1.165, 1.54) is 13.2 Å². The van der Waals surface area contributed by atoms with Gasteiger partial charge in [0.2, 0.25) is 6.79 Å². The van der Waals surface area contributed by atoms with E-state index in [1.54, 1.807) is 25.1 Å². The standard InChI is InChI=1S/C25H22FNO5/c1-13-22(25(29)30-2)23(16-5-3-4-6-17(16)26)24-18(27-13)9-15(10-19(24)28)14-7-8-20-21(11-14)32-12-31-20/h3-8,11,15,22-23H,9-10,12H2,1-2H3/t15-,22?,23+/m0/s1. The summed E-state index contributed by atoms with van der Waals surface area (Å²) in [6.45, 7) is 1.91. The van der Waals surface area contributed by atoms with E-state index >= 15 is 0 Å². The summed E-state index contributed by atoms with van der Waals surface area (Å²) < 4.78 is 30.7. The van der Waals surface area contributed by atoms with Crippen LogP contribution in [0.1, 0.15) is 42.7 Å². The van der Waals surface area contributed by atoms with Crippen LogP contribution in [-0.4, -0.2) is 31.4 Å². The van der Waals surface area contributed by atoms with Gasteiger partial charge in [0.25, 0.3) is 0 Å². The maximum atomic E-state index is 14.8. The summed E-state index contributed by atoms with van der Waals surface area (Å²) in [5.41, 5.74) is 2.80. The molecular weight excluding hydrogens is 413 g/mol. The van der Waals surface area contributed by atoms with Gasteiger partial charge in [-0.25, -0.2) is 4.39 Å². The quantitative estimate of drug-likeness (QED) is 0.672. The zero-order valence-electron chi connectivity index (χ0n) is 17.8. The van der Waals surface area contributed by atoms with Crippen LogP contribution < -0.4 is 9.47 Å². The summed E-state index contributed by atoms with van der Waals surface area (Å²) in [6, 6.07) is 11.9. The zero-order valence-corrected chi connectivity index (χ0v) is 17.8. The molecule has 164 valence electrons. The van der Waals surface area contributed by atoms with Gasteiger partial charge < -0.3 is 14.2 Å². The maximum absolute atomic E-state index is 14.8. The van der Waals surface area contributed by atoms with Crippen molar-refractivity contribution in [2.45, 2.75) is 31.6 Å².